The van der Waals surface area contributed by atoms with Gasteiger partial charge in [0.05, 0.1) is 22.1 Å². The number of rotatable bonds is 6. The lowest BCUT2D eigenvalue weighted by Gasteiger charge is -2.35. The van der Waals surface area contributed by atoms with E-state index in [2.05, 4.69) is 228 Å². The monoisotopic (exact) mass is 772 g/mol. The third-order valence-corrected chi connectivity index (χ3v) is 18.2. The highest BCUT2D eigenvalue weighted by Crippen LogP contribution is 2.41. The summed E-state index contributed by atoms with van der Waals surface area (Å²) in [5, 5.41) is 13.2. The van der Waals surface area contributed by atoms with E-state index in [4.69, 9.17) is 0 Å². The van der Waals surface area contributed by atoms with Crippen LogP contribution in [0.4, 0.5) is 0 Å². The summed E-state index contributed by atoms with van der Waals surface area (Å²) >= 11 is 1.89. The fraction of sp³-hybridized carbons (Fsp3) is 0. The van der Waals surface area contributed by atoms with Crippen molar-refractivity contribution in [3.8, 4) is 11.4 Å². The molecule has 272 valence electrons. The third-order valence-electron chi connectivity index (χ3n) is 12.2. The molecule has 0 saturated heterocycles. The Hall–Kier alpha value is -6.98. The Morgan fingerprint density at radius 1 is 0.310 bits per heavy atom. The van der Waals surface area contributed by atoms with Gasteiger partial charge in [0.15, 0.2) is 8.07 Å². The normalized spacial score (nSPS) is 12.1. The Labute approximate surface area is 341 Å². The zero-order chi connectivity index (χ0) is 38.2. The second kappa shape index (κ2) is 13.0. The predicted octanol–water partition coefficient (Wildman–Crippen LogP) is 11.6. The van der Waals surface area contributed by atoms with E-state index >= 15 is 0 Å². The van der Waals surface area contributed by atoms with Crippen LogP contribution in [0.1, 0.15) is 0 Å². The van der Waals surface area contributed by atoms with E-state index in [0.717, 1.165) is 0 Å². The topological polar surface area (TPSA) is 9.86 Å². The molecule has 9 aromatic carbocycles. The SMILES string of the molecule is c1ccc(-n2c3ccccc3c3c([Si](c4ccccc4)(c4ccccc4)c4cccc(-n5c6ccccc6c6cc7sc8ccccc8c7cc65)c4)cccc32)cc1. The van der Waals surface area contributed by atoms with Crippen LogP contribution in [-0.2, 0) is 0 Å². The second-order valence-electron chi connectivity index (χ2n) is 15.2. The van der Waals surface area contributed by atoms with E-state index < -0.39 is 8.07 Å². The zero-order valence-electron chi connectivity index (χ0n) is 31.6. The molecule has 0 fully saturated rings. The van der Waals surface area contributed by atoms with Crippen molar-refractivity contribution < 1.29 is 0 Å². The van der Waals surface area contributed by atoms with Gasteiger partial charge in [-0.25, -0.2) is 0 Å². The molecule has 0 aliphatic rings. The number of benzene rings is 9. The minimum absolute atomic E-state index is 1.17. The summed E-state index contributed by atoms with van der Waals surface area (Å²) in [4.78, 5) is 0. The van der Waals surface area contributed by atoms with Gasteiger partial charge in [0.1, 0.15) is 0 Å². The third kappa shape index (κ3) is 4.76. The highest BCUT2D eigenvalue weighted by atomic mass is 32.1. The van der Waals surface area contributed by atoms with Crippen LogP contribution in [-0.4, -0.2) is 17.2 Å². The molecule has 0 unspecified atom stereocenters. The highest BCUT2D eigenvalue weighted by molar-refractivity contribution is 7.26. The molecule has 0 spiro atoms. The number of thiophene rings is 1. The Bertz CT molecular complexity index is 3470. The summed E-state index contributed by atoms with van der Waals surface area (Å²) in [6, 6.07) is 81.6. The largest absolute Gasteiger partial charge is 0.309 e. The molecule has 58 heavy (non-hydrogen) atoms. The van der Waals surface area contributed by atoms with Gasteiger partial charge in [0.25, 0.3) is 0 Å². The standard InChI is InChI=1S/C54H36N2SSi/c1-4-18-37(19-5-1)55-48-30-14-11-28-44(48)54-49(55)31-17-33-53(54)58(39-21-6-2-7-22-39,40-23-8-3-9-24-40)41-25-16-20-38(34-41)56-47-29-13-10-26-42(47)45-36-52-46(35-50(45)56)43-27-12-15-32-51(43)57-52/h1-36H. The smallest absolute Gasteiger partial charge is 0.180 e. The van der Waals surface area contributed by atoms with Crippen LogP contribution in [0, 0.1) is 0 Å². The highest BCUT2D eigenvalue weighted by Gasteiger charge is 2.43. The molecule has 0 bridgehead atoms. The lowest BCUT2D eigenvalue weighted by Crippen LogP contribution is -2.74. The second-order valence-corrected chi connectivity index (χ2v) is 20.1. The molecule has 3 aromatic heterocycles. The van der Waals surface area contributed by atoms with Crippen molar-refractivity contribution in [2.24, 2.45) is 0 Å². The number of nitrogens with zero attached hydrogens (tertiary/aromatic N) is 2. The average molecular weight is 773 g/mol. The first kappa shape index (κ1) is 33.2. The van der Waals surface area contributed by atoms with Crippen molar-refractivity contribution in [1.82, 2.24) is 9.13 Å². The summed E-state index contributed by atoms with van der Waals surface area (Å²) in [7, 11) is -3.04. The molecule has 0 aliphatic carbocycles. The van der Waals surface area contributed by atoms with Gasteiger partial charge in [-0.1, -0.05) is 158 Å². The maximum absolute atomic E-state index is 3.04. The molecule has 3 heterocycles. The van der Waals surface area contributed by atoms with Crippen LogP contribution < -0.4 is 20.7 Å². The van der Waals surface area contributed by atoms with Crippen LogP contribution in [0.2, 0.25) is 0 Å². The first-order valence-electron chi connectivity index (χ1n) is 19.9. The van der Waals surface area contributed by atoms with Gasteiger partial charge < -0.3 is 9.13 Å². The Kier molecular flexibility index (Phi) is 7.46. The van der Waals surface area contributed by atoms with Crippen LogP contribution >= 0.6 is 11.3 Å². The summed E-state index contributed by atoms with van der Waals surface area (Å²) in [5.74, 6) is 0. The molecular formula is C54H36N2SSi. The van der Waals surface area contributed by atoms with Crippen molar-refractivity contribution >= 4 is 104 Å². The van der Waals surface area contributed by atoms with Crippen molar-refractivity contribution in [1.29, 1.82) is 0 Å². The molecule has 0 amide bonds. The van der Waals surface area contributed by atoms with E-state index in [1.807, 2.05) is 11.3 Å². The fourth-order valence-corrected chi connectivity index (χ4v) is 16.0. The number of fused-ring (bicyclic) bond motifs is 9. The van der Waals surface area contributed by atoms with E-state index in [0.29, 0.717) is 0 Å². The summed E-state index contributed by atoms with van der Waals surface area (Å²) in [6.45, 7) is 0. The van der Waals surface area contributed by atoms with E-state index in [-0.39, 0.29) is 0 Å². The van der Waals surface area contributed by atoms with E-state index in [9.17, 15) is 0 Å². The van der Waals surface area contributed by atoms with Gasteiger partial charge in [-0.05, 0) is 81.4 Å². The van der Waals surface area contributed by atoms with Crippen LogP contribution in [0.3, 0.4) is 0 Å². The Balaban J connectivity index is 1.21. The van der Waals surface area contributed by atoms with Crippen LogP contribution in [0.15, 0.2) is 218 Å². The first-order valence-corrected chi connectivity index (χ1v) is 22.8. The lowest BCUT2D eigenvalue weighted by molar-refractivity contribution is 1.18. The molecular weight excluding hydrogens is 737 g/mol. The van der Waals surface area contributed by atoms with Gasteiger partial charge in [-0.2, -0.15) is 0 Å². The number of para-hydroxylation sites is 3. The fourth-order valence-electron chi connectivity index (χ4n) is 9.87. The molecule has 4 heteroatoms. The van der Waals surface area contributed by atoms with Gasteiger partial charge in [0, 0.05) is 53.1 Å². The van der Waals surface area contributed by atoms with Gasteiger partial charge >= 0.3 is 0 Å². The summed E-state index contributed by atoms with van der Waals surface area (Å²) < 4.78 is 7.61. The van der Waals surface area contributed by atoms with Crippen molar-refractivity contribution in [3.63, 3.8) is 0 Å². The number of hydrogen-bond donors (Lipinski definition) is 0. The van der Waals surface area contributed by atoms with Gasteiger partial charge in [0.2, 0.25) is 0 Å². The van der Waals surface area contributed by atoms with Gasteiger partial charge in [-0.3, -0.25) is 0 Å². The minimum Gasteiger partial charge on any atom is -0.309 e. The molecule has 0 saturated carbocycles. The maximum Gasteiger partial charge on any atom is 0.180 e. The Morgan fingerprint density at radius 2 is 0.845 bits per heavy atom. The molecule has 0 radical (unpaired) electrons. The number of aromatic nitrogens is 2. The number of hydrogen-bond acceptors (Lipinski definition) is 1. The summed E-state index contributed by atoms with van der Waals surface area (Å²) in [5.41, 5.74) is 7.22. The van der Waals surface area contributed by atoms with Crippen LogP contribution in [0.5, 0.6) is 0 Å². The van der Waals surface area contributed by atoms with Crippen LogP contribution in [0.25, 0.3) is 75.2 Å². The van der Waals surface area contributed by atoms with E-state index in [1.165, 1.54) is 95.9 Å². The van der Waals surface area contributed by atoms with Crippen molar-refractivity contribution in [2.75, 3.05) is 0 Å². The molecule has 0 N–H and O–H groups in total. The van der Waals surface area contributed by atoms with E-state index in [1.54, 1.807) is 0 Å². The maximum atomic E-state index is 2.52. The molecule has 0 aliphatic heterocycles. The molecule has 12 aromatic rings. The quantitative estimate of drug-likeness (QED) is 0.118. The Morgan fingerprint density at radius 3 is 1.59 bits per heavy atom. The predicted molar refractivity (Wildman–Crippen MR) is 252 cm³/mol. The average Bonchev–Trinajstić information content (AvgIpc) is 3.94. The van der Waals surface area contributed by atoms with Gasteiger partial charge in [-0.15, -0.1) is 11.3 Å². The molecule has 0 atom stereocenters. The van der Waals surface area contributed by atoms with Crippen molar-refractivity contribution in [3.05, 3.63) is 218 Å². The molecule has 12 rings (SSSR count). The minimum atomic E-state index is -3.04. The first-order chi connectivity index (χ1) is 28.8. The van der Waals surface area contributed by atoms with Crippen molar-refractivity contribution in [2.45, 2.75) is 0 Å². The lowest BCUT2D eigenvalue weighted by atomic mass is 10.1. The zero-order valence-corrected chi connectivity index (χ0v) is 33.4. The molecule has 2 nitrogen and oxygen atoms in total. The summed E-state index contributed by atoms with van der Waals surface area (Å²) in [6.07, 6.45) is 0.